The Balaban J connectivity index is 1.49. The molecule has 42 heavy (non-hydrogen) atoms. The smallest absolute Gasteiger partial charge is 0.337 e. The molecule has 0 spiro atoms. The molecule has 1 aliphatic heterocycles. The third-order valence-electron chi connectivity index (χ3n) is 7.07. The summed E-state index contributed by atoms with van der Waals surface area (Å²) in [5.74, 6) is 0.432. The second-order valence-corrected chi connectivity index (χ2v) is 12.0. The Kier molecular flexibility index (Phi) is 9.97. The SMILES string of the molecule is CC(=N)c1cccc(OC[C@H](Cc2ccc(OC3CCN(C(C)=N)CC3)cc2)NS(=O)(=O)c2ccccc2C(=O)O)c1. The molecule has 1 fully saturated rings. The molecule has 0 bridgehead atoms. The van der Waals surface area contributed by atoms with Gasteiger partial charge < -0.3 is 24.9 Å². The molecule has 0 aliphatic carbocycles. The Morgan fingerprint density at radius 2 is 1.69 bits per heavy atom. The zero-order valence-corrected chi connectivity index (χ0v) is 24.5. The number of carboxylic acid groups (broad SMARTS) is 1. The highest BCUT2D eigenvalue weighted by atomic mass is 32.2. The van der Waals surface area contributed by atoms with Crippen LogP contribution in [0, 0.1) is 10.8 Å². The summed E-state index contributed by atoms with van der Waals surface area (Å²) in [6, 6.07) is 19.2. The molecule has 1 saturated heterocycles. The standard InChI is InChI=1S/C31H36N4O6S/c1-21(32)24-6-5-7-28(19-24)40-20-25(34-42(38,39)30-9-4-3-8-29(30)31(36)37)18-23-10-12-26(13-11-23)41-27-14-16-35(17-15-27)22(2)33/h3-13,19,25,27,32-34H,14-18,20H2,1-2H3,(H,36,37)/t25-/m0/s1. The predicted octanol–water partition coefficient (Wildman–Crippen LogP) is 4.58. The molecule has 0 unspecified atom stereocenters. The summed E-state index contributed by atoms with van der Waals surface area (Å²) in [5, 5.41) is 25.2. The van der Waals surface area contributed by atoms with E-state index in [-0.39, 0.29) is 29.6 Å². The number of rotatable bonds is 12. The van der Waals surface area contributed by atoms with Crippen molar-refractivity contribution in [2.45, 2.75) is 50.2 Å². The van der Waals surface area contributed by atoms with Crippen LogP contribution < -0.4 is 14.2 Å². The Morgan fingerprint density at radius 1 is 1.00 bits per heavy atom. The average molecular weight is 593 g/mol. The third-order valence-corrected chi connectivity index (χ3v) is 8.65. The summed E-state index contributed by atoms with van der Waals surface area (Å²) >= 11 is 0. The van der Waals surface area contributed by atoms with Gasteiger partial charge in [0.15, 0.2) is 0 Å². The second kappa shape index (κ2) is 13.6. The quantitative estimate of drug-likeness (QED) is 0.177. The van der Waals surface area contributed by atoms with Crippen LogP contribution >= 0.6 is 0 Å². The van der Waals surface area contributed by atoms with Gasteiger partial charge in [0, 0.05) is 31.6 Å². The van der Waals surface area contributed by atoms with Crippen LogP contribution in [0.25, 0.3) is 0 Å². The molecular formula is C31H36N4O6S. The minimum atomic E-state index is -4.21. The van der Waals surface area contributed by atoms with Gasteiger partial charge in [0.05, 0.1) is 22.3 Å². The number of sulfonamides is 1. The molecule has 4 rings (SSSR count). The second-order valence-electron chi connectivity index (χ2n) is 10.3. The first kappa shape index (κ1) is 30.7. The molecule has 0 saturated carbocycles. The Hall–Kier alpha value is -4.22. The van der Waals surface area contributed by atoms with E-state index in [9.17, 15) is 18.3 Å². The lowest BCUT2D eigenvalue weighted by Gasteiger charge is -2.32. The number of amidine groups is 1. The van der Waals surface area contributed by atoms with E-state index in [0.29, 0.717) is 28.6 Å². The summed E-state index contributed by atoms with van der Waals surface area (Å²) < 4.78 is 41.5. The minimum absolute atomic E-state index is 0.0295. The van der Waals surface area contributed by atoms with E-state index >= 15 is 0 Å². The number of hydrogen-bond acceptors (Lipinski definition) is 7. The van der Waals surface area contributed by atoms with Gasteiger partial charge in [-0.25, -0.2) is 17.9 Å². The zero-order chi connectivity index (χ0) is 30.3. The lowest BCUT2D eigenvalue weighted by molar-refractivity contribution is 0.0692. The van der Waals surface area contributed by atoms with Crippen molar-refractivity contribution < 1.29 is 27.8 Å². The van der Waals surface area contributed by atoms with Gasteiger partial charge >= 0.3 is 5.97 Å². The summed E-state index contributed by atoms with van der Waals surface area (Å²) in [6.45, 7) is 5.00. The predicted molar refractivity (Wildman–Crippen MR) is 161 cm³/mol. The highest BCUT2D eigenvalue weighted by molar-refractivity contribution is 7.89. The Labute approximate surface area is 246 Å². The third kappa shape index (κ3) is 8.17. The van der Waals surface area contributed by atoms with Gasteiger partial charge in [-0.2, -0.15) is 0 Å². The van der Waals surface area contributed by atoms with Crippen LogP contribution in [-0.4, -0.2) is 67.8 Å². The highest BCUT2D eigenvalue weighted by Crippen LogP contribution is 2.22. The van der Waals surface area contributed by atoms with Crippen molar-refractivity contribution in [1.82, 2.24) is 9.62 Å². The number of nitrogens with one attached hydrogen (secondary N) is 3. The molecule has 222 valence electrons. The van der Waals surface area contributed by atoms with Gasteiger partial charge in [0.25, 0.3) is 0 Å². The maximum Gasteiger partial charge on any atom is 0.337 e. The van der Waals surface area contributed by atoms with E-state index in [1.165, 1.54) is 24.3 Å². The largest absolute Gasteiger partial charge is 0.492 e. The molecule has 1 aliphatic rings. The molecule has 0 amide bonds. The lowest BCUT2D eigenvalue weighted by Crippen LogP contribution is -2.41. The number of nitrogens with zero attached hydrogens (tertiary/aromatic N) is 1. The molecule has 11 heteroatoms. The van der Waals surface area contributed by atoms with E-state index in [1.54, 1.807) is 38.1 Å². The summed E-state index contributed by atoms with van der Waals surface area (Å²) in [5.41, 5.74) is 1.58. The average Bonchev–Trinajstić information content (AvgIpc) is 2.97. The molecule has 0 aromatic heterocycles. The number of carboxylic acids is 1. The van der Waals surface area contributed by atoms with Crippen molar-refractivity contribution in [3.63, 3.8) is 0 Å². The van der Waals surface area contributed by atoms with Crippen LogP contribution in [0.15, 0.2) is 77.7 Å². The van der Waals surface area contributed by atoms with E-state index in [1.807, 2.05) is 29.2 Å². The van der Waals surface area contributed by atoms with Crippen molar-refractivity contribution in [2.24, 2.45) is 0 Å². The fourth-order valence-corrected chi connectivity index (χ4v) is 6.22. The Morgan fingerprint density at radius 3 is 2.33 bits per heavy atom. The van der Waals surface area contributed by atoms with Crippen LogP contribution in [0.2, 0.25) is 0 Å². The number of benzene rings is 3. The molecule has 1 atom stereocenters. The molecule has 4 N–H and O–H groups in total. The van der Waals surface area contributed by atoms with Crippen molar-refractivity contribution in [3.05, 3.63) is 89.5 Å². The minimum Gasteiger partial charge on any atom is -0.492 e. The lowest BCUT2D eigenvalue weighted by atomic mass is 10.1. The van der Waals surface area contributed by atoms with Crippen LogP contribution in [-0.2, 0) is 16.4 Å². The maximum absolute atomic E-state index is 13.4. The van der Waals surface area contributed by atoms with Gasteiger partial charge in [-0.05, 0) is 67.8 Å². The molecule has 1 heterocycles. The van der Waals surface area contributed by atoms with Gasteiger partial charge in [-0.3, -0.25) is 5.41 Å². The van der Waals surface area contributed by atoms with Crippen molar-refractivity contribution in [1.29, 1.82) is 10.8 Å². The molecule has 0 radical (unpaired) electrons. The topological polar surface area (TPSA) is 153 Å². The first-order valence-electron chi connectivity index (χ1n) is 13.7. The number of hydrogen-bond donors (Lipinski definition) is 4. The van der Waals surface area contributed by atoms with E-state index < -0.39 is 22.0 Å². The monoisotopic (exact) mass is 592 g/mol. The fourth-order valence-electron chi connectivity index (χ4n) is 4.80. The zero-order valence-electron chi connectivity index (χ0n) is 23.7. The first-order chi connectivity index (χ1) is 20.0. The van der Waals surface area contributed by atoms with E-state index in [0.717, 1.165) is 31.5 Å². The number of likely N-dealkylation sites (tertiary alicyclic amines) is 1. The summed E-state index contributed by atoms with van der Waals surface area (Å²) in [7, 11) is -4.21. The van der Waals surface area contributed by atoms with Crippen LogP contribution in [0.3, 0.4) is 0 Å². The summed E-state index contributed by atoms with van der Waals surface area (Å²) in [4.78, 5) is 13.4. The van der Waals surface area contributed by atoms with Gasteiger partial charge in [0.1, 0.15) is 24.2 Å². The fraction of sp³-hybridized carbons (Fsp3) is 0.323. The molecule has 10 nitrogen and oxygen atoms in total. The number of aromatic carboxylic acids is 1. The van der Waals surface area contributed by atoms with Crippen molar-refractivity contribution in [3.8, 4) is 11.5 Å². The van der Waals surface area contributed by atoms with E-state index in [4.69, 9.17) is 20.3 Å². The van der Waals surface area contributed by atoms with Gasteiger partial charge in [-0.1, -0.05) is 36.4 Å². The normalized spacial score (nSPS) is 14.7. The van der Waals surface area contributed by atoms with Crippen molar-refractivity contribution in [2.75, 3.05) is 19.7 Å². The van der Waals surface area contributed by atoms with Gasteiger partial charge in [-0.15, -0.1) is 0 Å². The number of piperidine rings is 1. The summed E-state index contributed by atoms with van der Waals surface area (Å²) in [6.07, 6.45) is 1.99. The Bertz CT molecular complexity index is 1530. The van der Waals surface area contributed by atoms with Crippen LogP contribution in [0.4, 0.5) is 0 Å². The highest BCUT2D eigenvalue weighted by Gasteiger charge is 2.26. The molecule has 3 aromatic carbocycles. The number of carbonyl (C=O) groups is 1. The van der Waals surface area contributed by atoms with Crippen molar-refractivity contribution >= 4 is 27.5 Å². The van der Waals surface area contributed by atoms with Gasteiger partial charge in [0.2, 0.25) is 10.0 Å². The van der Waals surface area contributed by atoms with E-state index in [2.05, 4.69) is 4.72 Å². The first-order valence-corrected chi connectivity index (χ1v) is 15.2. The molecule has 3 aromatic rings. The van der Waals surface area contributed by atoms with Crippen LogP contribution in [0.1, 0.15) is 48.2 Å². The van der Waals surface area contributed by atoms with Crippen LogP contribution in [0.5, 0.6) is 11.5 Å². The number of ether oxygens (including phenoxy) is 2. The molecular weight excluding hydrogens is 556 g/mol. The maximum atomic E-state index is 13.4.